The summed E-state index contributed by atoms with van der Waals surface area (Å²) >= 11 is 0. The molecule has 0 unspecified atom stereocenters. The lowest BCUT2D eigenvalue weighted by atomic mass is 10.0. The van der Waals surface area contributed by atoms with E-state index in [1.807, 2.05) is 13.8 Å². The summed E-state index contributed by atoms with van der Waals surface area (Å²) in [4.78, 5) is 33.9. The number of hydrogen-bond donors (Lipinski definition) is 3. The average molecular weight is 345 g/mol. The first-order chi connectivity index (χ1) is 11.7. The molecule has 2 aromatic rings. The maximum atomic E-state index is 12.3. The summed E-state index contributed by atoms with van der Waals surface area (Å²) in [5.41, 5.74) is 0.548. The van der Waals surface area contributed by atoms with Crippen LogP contribution >= 0.6 is 0 Å². The van der Waals surface area contributed by atoms with Crippen molar-refractivity contribution in [3.8, 4) is 0 Å². The minimum absolute atomic E-state index is 0.126. The highest BCUT2D eigenvalue weighted by Gasteiger charge is 2.38. The predicted octanol–water partition coefficient (Wildman–Crippen LogP) is 1.91. The number of nitrogens with zero attached hydrogens (tertiary/aromatic N) is 3. The van der Waals surface area contributed by atoms with Crippen LogP contribution in [0, 0.1) is 10.1 Å². The Bertz CT molecular complexity index is 884. The summed E-state index contributed by atoms with van der Waals surface area (Å²) in [6.45, 7) is 4.01. The van der Waals surface area contributed by atoms with Crippen LogP contribution in [-0.2, 0) is 12.1 Å². The molecule has 0 bridgehead atoms. The van der Waals surface area contributed by atoms with E-state index in [4.69, 9.17) is 0 Å². The van der Waals surface area contributed by atoms with Crippen LogP contribution in [-0.4, -0.2) is 31.8 Å². The molecular weight excluding hydrogens is 330 g/mol. The van der Waals surface area contributed by atoms with E-state index in [1.165, 1.54) is 24.3 Å². The number of carbonyl (C=O) groups excluding carboxylic acids is 1. The van der Waals surface area contributed by atoms with Crippen molar-refractivity contribution in [1.82, 2.24) is 15.1 Å². The predicted molar refractivity (Wildman–Crippen MR) is 86.6 cm³/mol. The second-order valence-corrected chi connectivity index (χ2v) is 6.11. The van der Waals surface area contributed by atoms with Crippen LogP contribution in [0.4, 0.5) is 16.3 Å². The third-order valence-corrected chi connectivity index (χ3v) is 4.04. The van der Waals surface area contributed by atoms with Gasteiger partial charge in [0.25, 0.3) is 11.6 Å². The third kappa shape index (κ3) is 2.83. The molecule has 0 fully saturated rings. The van der Waals surface area contributed by atoms with Crippen LogP contribution in [0.25, 0.3) is 0 Å². The molecule has 0 saturated carbocycles. The zero-order valence-electron chi connectivity index (χ0n) is 13.4. The van der Waals surface area contributed by atoms with Gasteiger partial charge in [-0.15, -0.1) is 5.10 Å². The number of carboxylic acid groups (broad SMARTS) is 1. The number of benzene rings is 1. The Morgan fingerprint density at radius 3 is 2.56 bits per heavy atom. The Morgan fingerprint density at radius 1 is 1.36 bits per heavy atom. The Hall–Kier alpha value is -3.27. The van der Waals surface area contributed by atoms with Crippen LogP contribution in [0.2, 0.25) is 0 Å². The van der Waals surface area contributed by atoms with Crippen molar-refractivity contribution in [2.75, 3.05) is 5.32 Å². The molecular formula is C15H15N5O5. The van der Waals surface area contributed by atoms with Crippen LogP contribution in [0.5, 0.6) is 0 Å². The first-order valence-electron chi connectivity index (χ1n) is 7.37. The number of hydrogen-bond acceptors (Lipinski definition) is 6. The summed E-state index contributed by atoms with van der Waals surface area (Å²) in [5, 5.41) is 29.7. The smallest absolute Gasteiger partial charge is 0.432 e. The van der Waals surface area contributed by atoms with Crippen LogP contribution in [0.3, 0.4) is 0 Å². The third-order valence-electron chi connectivity index (χ3n) is 4.04. The van der Waals surface area contributed by atoms with Gasteiger partial charge in [0.15, 0.2) is 5.82 Å². The number of anilines is 1. The van der Waals surface area contributed by atoms with Crippen molar-refractivity contribution < 1.29 is 19.6 Å². The SMILES string of the molecule is CC1(C)NCc2c(NC(=O)c3ccc([N+](=O)[O-])cc3)nn(C(=O)O)c21. The van der Waals surface area contributed by atoms with Crippen molar-refractivity contribution in [2.24, 2.45) is 0 Å². The van der Waals surface area contributed by atoms with Gasteiger partial charge < -0.3 is 15.7 Å². The van der Waals surface area contributed by atoms with E-state index in [0.717, 1.165) is 4.68 Å². The number of amides is 1. The molecule has 1 aromatic carbocycles. The Morgan fingerprint density at radius 2 is 2.00 bits per heavy atom. The zero-order chi connectivity index (χ0) is 18.4. The average Bonchev–Trinajstić information content (AvgIpc) is 3.06. The summed E-state index contributed by atoms with van der Waals surface area (Å²) in [5.74, 6) is -0.378. The van der Waals surface area contributed by atoms with E-state index in [9.17, 15) is 24.8 Å². The Labute approximate surface area is 141 Å². The summed E-state index contributed by atoms with van der Waals surface area (Å²) in [6, 6.07) is 5.09. The molecule has 10 nitrogen and oxygen atoms in total. The van der Waals surface area contributed by atoms with Gasteiger partial charge in [0, 0.05) is 29.8 Å². The van der Waals surface area contributed by atoms with E-state index >= 15 is 0 Å². The van der Waals surface area contributed by atoms with Crippen molar-refractivity contribution >= 4 is 23.5 Å². The number of nitro groups is 1. The Kier molecular flexibility index (Phi) is 3.76. The van der Waals surface area contributed by atoms with Crippen LogP contribution in [0.1, 0.15) is 35.5 Å². The molecule has 1 aromatic heterocycles. The molecule has 2 heterocycles. The molecule has 1 aliphatic heterocycles. The lowest BCUT2D eigenvalue weighted by molar-refractivity contribution is -0.384. The standard InChI is InChI=1S/C15H15N5O5/c1-15(2)11-10(7-16-15)12(18-19(11)14(22)23)17-13(21)8-3-5-9(6-4-8)20(24)25/h3-6,16H,7H2,1-2H3,(H,22,23)(H,17,18,21). The van der Waals surface area contributed by atoms with E-state index in [-0.39, 0.29) is 17.1 Å². The molecule has 130 valence electrons. The summed E-state index contributed by atoms with van der Waals surface area (Å²) in [7, 11) is 0. The van der Waals surface area contributed by atoms with E-state index in [0.29, 0.717) is 17.8 Å². The molecule has 25 heavy (non-hydrogen) atoms. The number of nitrogens with one attached hydrogen (secondary N) is 2. The van der Waals surface area contributed by atoms with E-state index in [2.05, 4.69) is 15.7 Å². The van der Waals surface area contributed by atoms with Gasteiger partial charge in [-0.1, -0.05) is 0 Å². The van der Waals surface area contributed by atoms with Crippen molar-refractivity contribution in [2.45, 2.75) is 25.9 Å². The highest BCUT2D eigenvalue weighted by molar-refractivity contribution is 6.04. The second-order valence-electron chi connectivity index (χ2n) is 6.11. The molecule has 1 amide bonds. The molecule has 0 atom stereocenters. The summed E-state index contributed by atoms with van der Waals surface area (Å²) in [6.07, 6.45) is -1.25. The summed E-state index contributed by atoms with van der Waals surface area (Å²) < 4.78 is 0.848. The van der Waals surface area contributed by atoms with Gasteiger partial charge in [0.1, 0.15) is 0 Å². The largest absolute Gasteiger partial charge is 0.463 e. The first kappa shape index (κ1) is 16.6. The van der Waals surface area contributed by atoms with Crippen molar-refractivity contribution in [1.29, 1.82) is 0 Å². The first-order valence-corrected chi connectivity index (χ1v) is 7.37. The van der Waals surface area contributed by atoms with Crippen LogP contribution in [0.15, 0.2) is 24.3 Å². The molecule has 0 spiro atoms. The maximum absolute atomic E-state index is 12.3. The monoisotopic (exact) mass is 345 g/mol. The van der Waals surface area contributed by atoms with Gasteiger partial charge >= 0.3 is 6.09 Å². The number of fused-ring (bicyclic) bond motifs is 1. The van der Waals surface area contributed by atoms with Crippen molar-refractivity contribution in [3.05, 3.63) is 51.2 Å². The normalized spacial score (nSPS) is 14.8. The van der Waals surface area contributed by atoms with Crippen LogP contribution < -0.4 is 10.6 Å². The topological polar surface area (TPSA) is 139 Å². The number of rotatable bonds is 3. The minimum atomic E-state index is -1.25. The fourth-order valence-corrected chi connectivity index (χ4v) is 2.81. The maximum Gasteiger partial charge on any atom is 0.432 e. The van der Waals surface area contributed by atoms with Gasteiger partial charge in [-0.05, 0) is 26.0 Å². The molecule has 1 aliphatic rings. The highest BCUT2D eigenvalue weighted by atomic mass is 16.6. The zero-order valence-corrected chi connectivity index (χ0v) is 13.4. The molecule has 0 aliphatic carbocycles. The lowest BCUT2D eigenvalue weighted by Crippen LogP contribution is -2.33. The quantitative estimate of drug-likeness (QED) is 0.570. The molecule has 0 radical (unpaired) electrons. The number of aromatic nitrogens is 2. The van der Waals surface area contributed by atoms with Gasteiger partial charge in [-0.2, -0.15) is 4.68 Å². The second kappa shape index (κ2) is 5.67. The highest BCUT2D eigenvalue weighted by Crippen LogP contribution is 2.35. The van der Waals surface area contributed by atoms with Gasteiger partial charge in [0.05, 0.1) is 16.2 Å². The molecule has 10 heteroatoms. The molecule has 3 N–H and O–H groups in total. The Balaban J connectivity index is 1.91. The number of non-ortho nitro benzene ring substituents is 1. The van der Waals surface area contributed by atoms with Gasteiger partial charge in [-0.25, -0.2) is 4.79 Å². The fourth-order valence-electron chi connectivity index (χ4n) is 2.81. The minimum Gasteiger partial charge on any atom is -0.463 e. The van der Waals surface area contributed by atoms with Crippen molar-refractivity contribution in [3.63, 3.8) is 0 Å². The van der Waals surface area contributed by atoms with E-state index in [1.54, 1.807) is 0 Å². The number of nitro benzene ring substituents is 1. The van der Waals surface area contributed by atoms with E-state index < -0.39 is 22.5 Å². The molecule has 0 saturated heterocycles. The van der Waals surface area contributed by atoms with Gasteiger partial charge in [-0.3, -0.25) is 14.9 Å². The van der Waals surface area contributed by atoms with Gasteiger partial charge in [0.2, 0.25) is 0 Å². The number of carbonyl (C=O) groups is 2. The fraction of sp³-hybridized carbons (Fsp3) is 0.267. The lowest BCUT2D eigenvalue weighted by Gasteiger charge is -2.19. The molecule has 3 rings (SSSR count).